The average molecular weight is 329 g/mol. The maximum Gasteiger partial charge on any atom is 0.248 e. The van der Waals surface area contributed by atoms with E-state index in [2.05, 4.69) is 26.9 Å². The number of anilines is 1. The quantitative estimate of drug-likeness (QED) is 0.914. The lowest BCUT2D eigenvalue weighted by molar-refractivity contribution is -0.134. The van der Waals surface area contributed by atoms with Gasteiger partial charge in [0.2, 0.25) is 5.91 Å². The van der Waals surface area contributed by atoms with Crippen molar-refractivity contribution in [2.24, 2.45) is 11.8 Å². The number of amides is 1. The van der Waals surface area contributed by atoms with Gasteiger partial charge in [0.25, 0.3) is 0 Å². The fourth-order valence-electron chi connectivity index (χ4n) is 4.32. The fraction of sp³-hybridized carbons (Fsp3) is 0.588. The van der Waals surface area contributed by atoms with Crippen molar-refractivity contribution >= 4 is 22.8 Å². The Labute approximate surface area is 141 Å². The highest BCUT2D eigenvalue weighted by molar-refractivity contribution is 5.87. The molecule has 1 unspecified atom stereocenters. The molecule has 1 aliphatic heterocycles. The Morgan fingerprint density at radius 1 is 1.38 bits per heavy atom. The Balaban J connectivity index is 1.45. The molecule has 4 rings (SSSR count). The van der Waals surface area contributed by atoms with Gasteiger partial charge in [0, 0.05) is 39.5 Å². The second-order valence-corrected chi connectivity index (χ2v) is 6.93. The number of H-pyrrole nitrogens is 1. The second kappa shape index (κ2) is 6.05. The first-order valence-electron chi connectivity index (χ1n) is 8.45. The van der Waals surface area contributed by atoms with Crippen molar-refractivity contribution < 1.29 is 9.53 Å². The molecule has 2 aromatic heterocycles. The highest BCUT2D eigenvalue weighted by Gasteiger charge is 2.43. The van der Waals surface area contributed by atoms with Crippen molar-refractivity contribution in [3.63, 3.8) is 0 Å². The van der Waals surface area contributed by atoms with E-state index in [1.165, 1.54) is 0 Å². The molecule has 2 fully saturated rings. The lowest BCUT2D eigenvalue weighted by atomic mass is 10.0. The van der Waals surface area contributed by atoms with Crippen molar-refractivity contribution in [2.75, 3.05) is 38.8 Å². The molecule has 2 aliphatic rings. The summed E-state index contributed by atoms with van der Waals surface area (Å²) in [6, 6.07) is 2.50. The zero-order valence-electron chi connectivity index (χ0n) is 14.1. The van der Waals surface area contributed by atoms with E-state index >= 15 is 0 Å². The maximum absolute atomic E-state index is 12.0. The van der Waals surface area contributed by atoms with Gasteiger partial charge in [-0.1, -0.05) is 0 Å². The minimum atomic E-state index is 0.113. The van der Waals surface area contributed by atoms with Crippen molar-refractivity contribution in [1.82, 2.24) is 19.9 Å². The van der Waals surface area contributed by atoms with E-state index in [0.29, 0.717) is 17.9 Å². The van der Waals surface area contributed by atoms with Crippen LogP contribution in [0, 0.1) is 11.8 Å². The molecule has 0 radical (unpaired) electrons. The van der Waals surface area contributed by atoms with Crippen molar-refractivity contribution in [1.29, 1.82) is 0 Å². The number of ether oxygens (including phenoxy) is 1. The van der Waals surface area contributed by atoms with Crippen LogP contribution < -0.4 is 4.90 Å². The Morgan fingerprint density at radius 2 is 2.12 bits per heavy atom. The van der Waals surface area contributed by atoms with E-state index in [-0.39, 0.29) is 12.5 Å². The number of hydrogen-bond acceptors (Lipinski definition) is 5. The van der Waals surface area contributed by atoms with Gasteiger partial charge in [-0.15, -0.1) is 0 Å². The van der Waals surface area contributed by atoms with Crippen LogP contribution in [-0.4, -0.2) is 65.7 Å². The van der Waals surface area contributed by atoms with E-state index in [1.54, 1.807) is 13.4 Å². The Hall–Kier alpha value is -2.15. The molecule has 1 amide bonds. The molecule has 2 aromatic rings. The number of hydrogen-bond donors (Lipinski definition) is 1. The summed E-state index contributed by atoms with van der Waals surface area (Å²) in [5.41, 5.74) is 0.876. The zero-order chi connectivity index (χ0) is 16.7. The Bertz CT molecular complexity index is 731. The van der Waals surface area contributed by atoms with Gasteiger partial charge >= 0.3 is 0 Å². The van der Waals surface area contributed by atoms with Crippen LogP contribution in [0.1, 0.15) is 12.8 Å². The molecule has 0 spiro atoms. The standard InChI is InChI=1S/C17H23N5O2/c1-21(17-14-3-4-18-16(14)19-10-20-17)13-5-11-7-22(8-12(11)6-13)15(23)9-24-2/h3-4,10-13H,5-9H2,1-2H3,(H,18,19,20)/t11-,12+,13?. The number of methoxy groups -OCH3 is 1. The normalized spacial score (nSPS) is 26.1. The summed E-state index contributed by atoms with van der Waals surface area (Å²) in [7, 11) is 3.69. The minimum Gasteiger partial charge on any atom is -0.375 e. The fourth-order valence-corrected chi connectivity index (χ4v) is 4.32. The third-order valence-corrected chi connectivity index (χ3v) is 5.56. The van der Waals surface area contributed by atoms with E-state index in [9.17, 15) is 4.79 Å². The molecule has 0 bridgehead atoms. The van der Waals surface area contributed by atoms with Crippen LogP contribution in [0.2, 0.25) is 0 Å². The first kappa shape index (κ1) is 15.4. The molecule has 3 heterocycles. The third-order valence-electron chi connectivity index (χ3n) is 5.56. The summed E-state index contributed by atoms with van der Waals surface area (Å²) in [6.45, 7) is 1.91. The van der Waals surface area contributed by atoms with Crippen LogP contribution in [0.25, 0.3) is 11.0 Å². The number of rotatable bonds is 4. The topological polar surface area (TPSA) is 74.3 Å². The van der Waals surface area contributed by atoms with Crippen molar-refractivity contribution in [3.05, 3.63) is 18.6 Å². The number of carbonyl (C=O) groups is 1. The molecule has 3 atom stereocenters. The molecule has 24 heavy (non-hydrogen) atoms. The summed E-state index contributed by atoms with van der Waals surface area (Å²) in [5.74, 6) is 2.27. The summed E-state index contributed by atoms with van der Waals surface area (Å²) in [5, 5.41) is 1.06. The number of nitrogens with one attached hydrogen (secondary N) is 1. The summed E-state index contributed by atoms with van der Waals surface area (Å²) in [6.07, 6.45) is 5.73. The Morgan fingerprint density at radius 3 is 2.83 bits per heavy atom. The minimum absolute atomic E-state index is 0.113. The molecule has 128 valence electrons. The third kappa shape index (κ3) is 2.53. The molecule has 1 saturated heterocycles. The van der Waals surface area contributed by atoms with Gasteiger partial charge in [-0.2, -0.15) is 0 Å². The summed E-state index contributed by atoms with van der Waals surface area (Å²) >= 11 is 0. The molecule has 1 aliphatic carbocycles. The van der Waals surface area contributed by atoms with E-state index < -0.39 is 0 Å². The SMILES string of the molecule is COCC(=O)N1C[C@H]2CC(N(C)c3ncnc4[nH]ccc34)C[C@H]2C1. The van der Waals surface area contributed by atoms with Crippen LogP contribution >= 0.6 is 0 Å². The van der Waals surface area contributed by atoms with Gasteiger partial charge in [0.1, 0.15) is 24.4 Å². The van der Waals surface area contributed by atoms with Crippen LogP contribution in [0.3, 0.4) is 0 Å². The molecular weight excluding hydrogens is 306 g/mol. The predicted molar refractivity (Wildman–Crippen MR) is 90.7 cm³/mol. The van der Waals surface area contributed by atoms with E-state index in [1.807, 2.05) is 17.2 Å². The lowest BCUT2D eigenvalue weighted by Gasteiger charge is -2.28. The van der Waals surface area contributed by atoms with Crippen LogP contribution in [0.5, 0.6) is 0 Å². The average Bonchev–Trinajstić information content (AvgIpc) is 3.27. The van der Waals surface area contributed by atoms with Gasteiger partial charge in [-0.25, -0.2) is 9.97 Å². The summed E-state index contributed by atoms with van der Waals surface area (Å²) in [4.78, 5) is 28.2. The lowest BCUT2D eigenvalue weighted by Crippen LogP contribution is -2.35. The largest absolute Gasteiger partial charge is 0.375 e. The molecular formula is C17H23N5O2. The highest BCUT2D eigenvalue weighted by Crippen LogP contribution is 2.41. The Kier molecular flexibility index (Phi) is 3.88. The van der Waals surface area contributed by atoms with Gasteiger partial charge < -0.3 is 19.5 Å². The van der Waals surface area contributed by atoms with Crippen LogP contribution in [0.15, 0.2) is 18.6 Å². The van der Waals surface area contributed by atoms with Crippen LogP contribution in [0.4, 0.5) is 5.82 Å². The van der Waals surface area contributed by atoms with Gasteiger partial charge in [-0.3, -0.25) is 4.79 Å². The molecule has 7 nitrogen and oxygen atoms in total. The number of carbonyl (C=O) groups excluding carboxylic acids is 1. The van der Waals surface area contributed by atoms with Crippen molar-refractivity contribution in [2.45, 2.75) is 18.9 Å². The first-order chi connectivity index (χ1) is 11.7. The number of aromatic amines is 1. The highest BCUT2D eigenvalue weighted by atomic mass is 16.5. The number of aromatic nitrogens is 3. The van der Waals surface area contributed by atoms with E-state index in [4.69, 9.17) is 4.74 Å². The van der Waals surface area contributed by atoms with Crippen molar-refractivity contribution in [3.8, 4) is 0 Å². The van der Waals surface area contributed by atoms with Gasteiger partial charge in [0.15, 0.2) is 0 Å². The number of nitrogens with zero attached hydrogens (tertiary/aromatic N) is 4. The van der Waals surface area contributed by atoms with Gasteiger partial charge in [-0.05, 0) is 30.7 Å². The predicted octanol–water partition coefficient (Wildman–Crippen LogP) is 1.28. The smallest absolute Gasteiger partial charge is 0.248 e. The van der Waals surface area contributed by atoms with Gasteiger partial charge in [0.05, 0.1) is 5.39 Å². The number of likely N-dealkylation sites (tertiary alicyclic amines) is 1. The second-order valence-electron chi connectivity index (χ2n) is 6.93. The monoisotopic (exact) mass is 329 g/mol. The molecule has 0 aromatic carbocycles. The number of fused-ring (bicyclic) bond motifs is 2. The zero-order valence-corrected chi connectivity index (χ0v) is 14.1. The molecule has 1 N–H and O–H groups in total. The first-order valence-corrected chi connectivity index (χ1v) is 8.45. The summed E-state index contributed by atoms with van der Waals surface area (Å²) < 4.78 is 4.97. The molecule has 7 heteroatoms. The molecule has 1 saturated carbocycles. The van der Waals surface area contributed by atoms with E-state index in [0.717, 1.165) is 42.8 Å². The maximum atomic E-state index is 12.0. The van der Waals surface area contributed by atoms with Crippen LogP contribution in [-0.2, 0) is 9.53 Å².